The summed E-state index contributed by atoms with van der Waals surface area (Å²) in [5.74, 6) is 0.517. The van der Waals surface area contributed by atoms with Gasteiger partial charge < -0.3 is 0 Å². The highest BCUT2D eigenvalue weighted by Crippen LogP contribution is 2.37. The van der Waals surface area contributed by atoms with Gasteiger partial charge in [0.2, 0.25) is 0 Å². The van der Waals surface area contributed by atoms with Crippen LogP contribution in [-0.2, 0) is 4.79 Å². The summed E-state index contributed by atoms with van der Waals surface area (Å²) in [7, 11) is 0. The smallest absolute Gasteiger partial charge is 0.262 e. The van der Waals surface area contributed by atoms with Crippen LogP contribution in [-0.4, -0.2) is 21.1 Å². The average molecular weight is 316 g/mol. The zero-order chi connectivity index (χ0) is 15.9. The Labute approximate surface area is 133 Å². The second-order valence-electron chi connectivity index (χ2n) is 6.78. The maximum Gasteiger partial charge on any atom is 0.262 e. The number of hydrogen-bond donors (Lipinski definition) is 0. The van der Waals surface area contributed by atoms with Gasteiger partial charge in [0.25, 0.3) is 5.56 Å². The van der Waals surface area contributed by atoms with Gasteiger partial charge in [-0.1, -0.05) is 44.7 Å². The predicted molar refractivity (Wildman–Crippen MR) is 89.5 cm³/mol. The minimum Gasteiger partial charge on any atom is -0.298 e. The molecule has 0 N–H and O–H groups in total. The van der Waals surface area contributed by atoms with Gasteiger partial charge in [0.15, 0.2) is 5.16 Å². The highest BCUT2D eigenvalue weighted by molar-refractivity contribution is 7.99. The number of aromatic nitrogens is 2. The van der Waals surface area contributed by atoms with E-state index in [1.165, 1.54) is 11.8 Å². The monoisotopic (exact) mass is 316 g/mol. The standard InChI is InChI=1S/C17H20N2O2S/c1-17(2,3)14(20)10-22-16-18-13-7-5-4-6-12(13)15(21)19(16)11-8-9-11/h4-7,11H,8-10H2,1-3H3. The molecule has 1 saturated carbocycles. The maximum absolute atomic E-state index is 12.7. The molecule has 1 heterocycles. The zero-order valence-corrected chi connectivity index (χ0v) is 13.9. The van der Waals surface area contributed by atoms with Gasteiger partial charge in [0, 0.05) is 11.5 Å². The van der Waals surface area contributed by atoms with Gasteiger partial charge in [-0.3, -0.25) is 14.2 Å². The molecule has 0 amide bonds. The Hall–Kier alpha value is -1.62. The third-order valence-electron chi connectivity index (χ3n) is 3.86. The molecule has 1 aromatic carbocycles. The lowest BCUT2D eigenvalue weighted by molar-refractivity contribution is -0.123. The van der Waals surface area contributed by atoms with Crippen molar-refractivity contribution in [3.05, 3.63) is 34.6 Å². The molecule has 1 aliphatic rings. The number of rotatable bonds is 4. The van der Waals surface area contributed by atoms with Crippen LogP contribution >= 0.6 is 11.8 Å². The predicted octanol–water partition coefficient (Wildman–Crippen LogP) is 3.44. The Kier molecular flexibility index (Phi) is 3.85. The summed E-state index contributed by atoms with van der Waals surface area (Å²) in [6.07, 6.45) is 2.03. The van der Waals surface area contributed by atoms with Crippen molar-refractivity contribution in [2.45, 2.75) is 44.8 Å². The minimum absolute atomic E-state index is 0.0128. The number of nitrogens with zero attached hydrogens (tertiary/aromatic N) is 2. The number of thioether (sulfide) groups is 1. The van der Waals surface area contributed by atoms with Crippen LogP contribution in [0.4, 0.5) is 0 Å². The number of benzene rings is 1. The number of fused-ring (bicyclic) bond motifs is 1. The number of ketones is 1. The molecule has 3 rings (SSSR count). The largest absolute Gasteiger partial charge is 0.298 e. The molecular formula is C17H20N2O2S. The van der Waals surface area contributed by atoms with Gasteiger partial charge in [0.05, 0.1) is 16.7 Å². The molecule has 1 aliphatic carbocycles. The van der Waals surface area contributed by atoms with E-state index in [1.54, 1.807) is 4.57 Å². The molecule has 1 fully saturated rings. The summed E-state index contributed by atoms with van der Waals surface area (Å²) in [5, 5.41) is 1.32. The van der Waals surface area contributed by atoms with E-state index >= 15 is 0 Å². The highest BCUT2D eigenvalue weighted by atomic mass is 32.2. The van der Waals surface area contributed by atoms with Crippen LogP contribution in [0.3, 0.4) is 0 Å². The van der Waals surface area contributed by atoms with E-state index in [1.807, 2.05) is 45.0 Å². The molecule has 1 aromatic heterocycles. The molecule has 22 heavy (non-hydrogen) atoms. The SMILES string of the molecule is CC(C)(C)C(=O)CSc1nc2ccccc2c(=O)n1C1CC1. The molecular weight excluding hydrogens is 296 g/mol. The average Bonchev–Trinajstić information content (AvgIpc) is 3.28. The van der Waals surface area contributed by atoms with Crippen LogP contribution in [0.25, 0.3) is 10.9 Å². The van der Waals surface area contributed by atoms with E-state index in [4.69, 9.17) is 0 Å². The van der Waals surface area contributed by atoms with Crippen molar-refractivity contribution in [3.63, 3.8) is 0 Å². The van der Waals surface area contributed by atoms with Gasteiger partial charge >= 0.3 is 0 Å². The molecule has 0 atom stereocenters. The molecule has 0 unspecified atom stereocenters. The van der Waals surface area contributed by atoms with Crippen LogP contribution in [0.5, 0.6) is 0 Å². The molecule has 2 aromatic rings. The minimum atomic E-state index is -0.367. The van der Waals surface area contributed by atoms with Gasteiger partial charge in [-0.15, -0.1) is 0 Å². The topological polar surface area (TPSA) is 52.0 Å². The van der Waals surface area contributed by atoms with Crippen LogP contribution in [0.1, 0.15) is 39.7 Å². The van der Waals surface area contributed by atoms with E-state index in [0.29, 0.717) is 21.8 Å². The number of hydrogen-bond acceptors (Lipinski definition) is 4. The molecule has 0 radical (unpaired) electrons. The molecule has 116 valence electrons. The fourth-order valence-electron chi connectivity index (χ4n) is 2.23. The lowest BCUT2D eigenvalue weighted by Crippen LogP contribution is -2.25. The Morgan fingerprint density at radius 1 is 1.32 bits per heavy atom. The Balaban J connectivity index is 1.99. The van der Waals surface area contributed by atoms with Crippen LogP contribution in [0, 0.1) is 5.41 Å². The van der Waals surface area contributed by atoms with Crippen molar-refractivity contribution in [3.8, 4) is 0 Å². The molecule has 0 aliphatic heterocycles. The van der Waals surface area contributed by atoms with E-state index in [-0.39, 0.29) is 22.8 Å². The summed E-state index contributed by atoms with van der Waals surface area (Å²) in [6.45, 7) is 5.74. The van der Waals surface area contributed by atoms with Crippen molar-refractivity contribution < 1.29 is 4.79 Å². The second-order valence-corrected chi connectivity index (χ2v) is 7.72. The van der Waals surface area contributed by atoms with Gasteiger partial charge in [0.1, 0.15) is 5.78 Å². The zero-order valence-electron chi connectivity index (χ0n) is 13.1. The summed E-state index contributed by atoms with van der Waals surface area (Å²) < 4.78 is 1.78. The molecule has 0 spiro atoms. The first-order chi connectivity index (χ1) is 10.4. The summed E-state index contributed by atoms with van der Waals surface area (Å²) in [5.41, 5.74) is 0.350. The molecule has 4 nitrogen and oxygen atoms in total. The lowest BCUT2D eigenvalue weighted by Gasteiger charge is -2.17. The Bertz CT molecular complexity index is 785. The highest BCUT2D eigenvalue weighted by Gasteiger charge is 2.29. The van der Waals surface area contributed by atoms with Crippen LogP contribution < -0.4 is 5.56 Å². The molecule has 5 heteroatoms. The number of carbonyl (C=O) groups is 1. The third-order valence-corrected chi connectivity index (χ3v) is 4.81. The Morgan fingerprint density at radius 2 is 2.00 bits per heavy atom. The number of para-hydroxylation sites is 1. The Morgan fingerprint density at radius 3 is 2.64 bits per heavy atom. The maximum atomic E-state index is 12.7. The fourth-order valence-corrected chi connectivity index (χ4v) is 3.46. The fraction of sp³-hybridized carbons (Fsp3) is 0.471. The van der Waals surface area contributed by atoms with Crippen molar-refractivity contribution in [1.29, 1.82) is 0 Å². The summed E-state index contributed by atoms with van der Waals surface area (Å²) in [6, 6.07) is 7.66. The summed E-state index contributed by atoms with van der Waals surface area (Å²) >= 11 is 1.38. The number of carbonyl (C=O) groups excluding carboxylic acids is 1. The van der Waals surface area contributed by atoms with Gasteiger partial charge in [-0.2, -0.15) is 0 Å². The van der Waals surface area contributed by atoms with E-state index < -0.39 is 0 Å². The van der Waals surface area contributed by atoms with Crippen molar-refractivity contribution in [1.82, 2.24) is 9.55 Å². The van der Waals surface area contributed by atoms with Gasteiger partial charge in [-0.05, 0) is 25.0 Å². The van der Waals surface area contributed by atoms with Crippen molar-refractivity contribution >= 4 is 28.4 Å². The second kappa shape index (κ2) is 5.54. The van der Waals surface area contributed by atoms with Gasteiger partial charge in [-0.25, -0.2) is 4.98 Å². The van der Waals surface area contributed by atoms with Crippen molar-refractivity contribution in [2.24, 2.45) is 5.41 Å². The lowest BCUT2D eigenvalue weighted by atomic mass is 9.92. The summed E-state index contributed by atoms with van der Waals surface area (Å²) in [4.78, 5) is 29.5. The van der Waals surface area contributed by atoms with E-state index in [2.05, 4.69) is 4.98 Å². The first-order valence-electron chi connectivity index (χ1n) is 7.55. The third kappa shape index (κ3) is 2.95. The quantitative estimate of drug-likeness (QED) is 0.640. The first-order valence-corrected chi connectivity index (χ1v) is 8.54. The molecule has 0 saturated heterocycles. The van der Waals surface area contributed by atoms with Crippen LogP contribution in [0.2, 0.25) is 0 Å². The van der Waals surface area contributed by atoms with Crippen LogP contribution in [0.15, 0.2) is 34.2 Å². The molecule has 0 bridgehead atoms. The normalized spacial score (nSPS) is 15.2. The van der Waals surface area contributed by atoms with E-state index in [9.17, 15) is 9.59 Å². The first kappa shape index (κ1) is 15.3. The van der Waals surface area contributed by atoms with E-state index in [0.717, 1.165) is 12.8 Å². The van der Waals surface area contributed by atoms with Crippen molar-refractivity contribution in [2.75, 3.05) is 5.75 Å². The number of Topliss-reactive ketones (excluding diaryl/α,β-unsaturated/α-hetero) is 1.